The molecule has 0 bridgehead atoms. The van der Waals surface area contributed by atoms with Gasteiger partial charge in [0.1, 0.15) is 0 Å². The normalized spacial score (nSPS) is 15.4. The highest BCUT2D eigenvalue weighted by Crippen LogP contribution is 2.28. The van der Waals surface area contributed by atoms with Gasteiger partial charge in [0.05, 0.1) is 18.8 Å². The number of fused-ring (bicyclic) bond motifs is 1. The van der Waals surface area contributed by atoms with Gasteiger partial charge in [-0.15, -0.1) is 0 Å². The topological polar surface area (TPSA) is 34.5 Å². The molecule has 1 saturated heterocycles. The van der Waals surface area contributed by atoms with Gasteiger partial charge in [0.15, 0.2) is 5.78 Å². The lowest BCUT2D eigenvalue weighted by Gasteiger charge is -2.27. The molecular formula is C22H24N2O2. The van der Waals surface area contributed by atoms with Gasteiger partial charge >= 0.3 is 0 Å². The predicted octanol–water partition coefficient (Wildman–Crippen LogP) is 3.51. The molecule has 1 aliphatic heterocycles. The second-order valence-corrected chi connectivity index (χ2v) is 6.78. The van der Waals surface area contributed by atoms with Crippen LogP contribution in [0.4, 0.5) is 0 Å². The zero-order valence-electron chi connectivity index (χ0n) is 15.1. The minimum Gasteiger partial charge on any atom is -0.379 e. The Hall–Kier alpha value is -2.43. The molecule has 0 saturated carbocycles. The van der Waals surface area contributed by atoms with E-state index in [-0.39, 0.29) is 5.78 Å². The molecule has 0 spiro atoms. The summed E-state index contributed by atoms with van der Waals surface area (Å²) in [5.74, 6) is 0.101. The van der Waals surface area contributed by atoms with E-state index in [0.717, 1.165) is 67.1 Å². The number of hydrogen-bond acceptors (Lipinski definition) is 3. The molecule has 134 valence electrons. The number of ether oxygens (including phenoxy) is 1. The molecule has 0 radical (unpaired) electrons. The number of hydrogen-bond donors (Lipinski definition) is 0. The summed E-state index contributed by atoms with van der Waals surface area (Å²) in [5, 5.41) is 1.04. The fraction of sp³-hybridized carbons (Fsp3) is 0.318. The smallest absolute Gasteiger partial charge is 0.195 e. The Morgan fingerprint density at radius 1 is 0.962 bits per heavy atom. The predicted molar refractivity (Wildman–Crippen MR) is 104 cm³/mol. The average Bonchev–Trinajstić information content (AvgIpc) is 2.98. The average molecular weight is 348 g/mol. The zero-order valence-corrected chi connectivity index (χ0v) is 15.1. The number of ketones is 1. The van der Waals surface area contributed by atoms with Crippen molar-refractivity contribution in [3.8, 4) is 0 Å². The summed E-state index contributed by atoms with van der Waals surface area (Å²) in [6, 6.07) is 17.8. The largest absolute Gasteiger partial charge is 0.379 e. The SMILES string of the molecule is Cc1c(C(=O)c2ccccc2)c2ccccc2n1CCN1CCOCC1. The summed E-state index contributed by atoms with van der Waals surface area (Å²) >= 11 is 0. The third-order valence-electron chi connectivity index (χ3n) is 5.24. The molecule has 3 aromatic rings. The van der Waals surface area contributed by atoms with Gasteiger partial charge in [0, 0.05) is 48.3 Å². The molecule has 4 nitrogen and oxygen atoms in total. The second kappa shape index (κ2) is 7.44. The molecule has 1 aliphatic rings. The summed E-state index contributed by atoms with van der Waals surface area (Å²) in [7, 11) is 0. The third kappa shape index (κ3) is 3.18. The number of benzene rings is 2. The van der Waals surface area contributed by atoms with Crippen molar-refractivity contribution in [1.82, 2.24) is 9.47 Å². The van der Waals surface area contributed by atoms with Crippen molar-refractivity contribution >= 4 is 16.7 Å². The first kappa shape index (κ1) is 17.0. The maximum absolute atomic E-state index is 13.2. The maximum atomic E-state index is 13.2. The van der Waals surface area contributed by atoms with E-state index in [1.54, 1.807) is 0 Å². The number of morpholine rings is 1. The molecule has 1 aromatic heterocycles. The molecule has 4 heteroatoms. The summed E-state index contributed by atoms with van der Waals surface area (Å²) in [6.45, 7) is 7.50. The quantitative estimate of drug-likeness (QED) is 0.662. The van der Waals surface area contributed by atoms with Crippen LogP contribution >= 0.6 is 0 Å². The van der Waals surface area contributed by atoms with Crippen LogP contribution in [-0.2, 0) is 11.3 Å². The highest BCUT2D eigenvalue weighted by Gasteiger charge is 2.21. The molecule has 0 aliphatic carbocycles. The van der Waals surface area contributed by atoms with Crippen LogP contribution < -0.4 is 0 Å². The number of carbonyl (C=O) groups excluding carboxylic acids is 1. The fourth-order valence-corrected chi connectivity index (χ4v) is 3.81. The van der Waals surface area contributed by atoms with Crippen molar-refractivity contribution in [3.05, 3.63) is 71.4 Å². The molecule has 4 rings (SSSR count). The molecule has 0 unspecified atom stereocenters. The molecule has 0 N–H and O–H groups in total. The van der Waals surface area contributed by atoms with Gasteiger partial charge in [0.25, 0.3) is 0 Å². The van der Waals surface area contributed by atoms with Crippen LogP contribution in [0.1, 0.15) is 21.6 Å². The molecule has 2 aromatic carbocycles. The first-order valence-corrected chi connectivity index (χ1v) is 9.23. The van der Waals surface area contributed by atoms with Crippen molar-refractivity contribution in [1.29, 1.82) is 0 Å². The monoisotopic (exact) mass is 348 g/mol. The van der Waals surface area contributed by atoms with Crippen LogP contribution in [0, 0.1) is 6.92 Å². The van der Waals surface area contributed by atoms with E-state index in [1.807, 2.05) is 42.5 Å². The molecule has 2 heterocycles. The fourth-order valence-electron chi connectivity index (χ4n) is 3.81. The van der Waals surface area contributed by atoms with E-state index < -0.39 is 0 Å². The van der Waals surface area contributed by atoms with Crippen molar-refractivity contribution < 1.29 is 9.53 Å². The molecular weight excluding hydrogens is 324 g/mol. The lowest BCUT2D eigenvalue weighted by atomic mass is 10.0. The Kier molecular flexibility index (Phi) is 4.87. The van der Waals surface area contributed by atoms with Crippen LogP contribution in [0.3, 0.4) is 0 Å². The summed E-state index contributed by atoms with van der Waals surface area (Å²) in [4.78, 5) is 15.6. The molecule has 0 amide bonds. The van der Waals surface area contributed by atoms with Gasteiger partial charge < -0.3 is 9.30 Å². The van der Waals surface area contributed by atoms with Gasteiger partial charge in [-0.25, -0.2) is 0 Å². The van der Waals surface area contributed by atoms with E-state index in [2.05, 4.69) is 28.5 Å². The number of nitrogens with zero attached hydrogens (tertiary/aromatic N) is 2. The minimum absolute atomic E-state index is 0.101. The van der Waals surface area contributed by atoms with Crippen molar-refractivity contribution in [3.63, 3.8) is 0 Å². The summed E-state index contributed by atoms with van der Waals surface area (Å²) < 4.78 is 7.73. The van der Waals surface area contributed by atoms with Crippen LogP contribution in [0.2, 0.25) is 0 Å². The van der Waals surface area contributed by atoms with Crippen LogP contribution in [0.5, 0.6) is 0 Å². The number of para-hydroxylation sites is 1. The van der Waals surface area contributed by atoms with Crippen molar-refractivity contribution in [2.45, 2.75) is 13.5 Å². The first-order chi connectivity index (χ1) is 12.8. The Morgan fingerprint density at radius 3 is 2.42 bits per heavy atom. The summed E-state index contributed by atoms with van der Waals surface area (Å²) in [6.07, 6.45) is 0. The van der Waals surface area contributed by atoms with E-state index in [1.165, 1.54) is 0 Å². The van der Waals surface area contributed by atoms with E-state index in [0.29, 0.717) is 0 Å². The Bertz CT molecular complexity index is 909. The van der Waals surface area contributed by atoms with Crippen molar-refractivity contribution in [2.24, 2.45) is 0 Å². The van der Waals surface area contributed by atoms with Crippen molar-refractivity contribution in [2.75, 3.05) is 32.8 Å². The zero-order chi connectivity index (χ0) is 17.9. The first-order valence-electron chi connectivity index (χ1n) is 9.23. The Morgan fingerprint density at radius 2 is 1.65 bits per heavy atom. The summed E-state index contributed by atoms with van der Waals surface area (Å²) in [5.41, 5.74) is 3.76. The van der Waals surface area contributed by atoms with Crippen LogP contribution in [-0.4, -0.2) is 48.1 Å². The molecule has 1 fully saturated rings. The number of aromatic nitrogens is 1. The third-order valence-corrected chi connectivity index (χ3v) is 5.24. The lowest BCUT2D eigenvalue weighted by Crippen LogP contribution is -2.38. The van der Waals surface area contributed by atoms with Gasteiger partial charge in [-0.3, -0.25) is 9.69 Å². The molecule has 26 heavy (non-hydrogen) atoms. The molecule has 0 atom stereocenters. The van der Waals surface area contributed by atoms with Crippen LogP contribution in [0.15, 0.2) is 54.6 Å². The van der Waals surface area contributed by atoms with E-state index >= 15 is 0 Å². The van der Waals surface area contributed by atoms with Gasteiger partial charge in [-0.05, 0) is 13.0 Å². The lowest BCUT2D eigenvalue weighted by molar-refractivity contribution is 0.0365. The van der Waals surface area contributed by atoms with Gasteiger partial charge in [-0.1, -0.05) is 48.5 Å². The van der Waals surface area contributed by atoms with E-state index in [4.69, 9.17) is 4.74 Å². The van der Waals surface area contributed by atoms with Gasteiger partial charge in [-0.2, -0.15) is 0 Å². The maximum Gasteiger partial charge on any atom is 0.195 e. The Labute approximate surface area is 154 Å². The Balaban J connectivity index is 1.70. The number of rotatable bonds is 5. The van der Waals surface area contributed by atoms with E-state index in [9.17, 15) is 4.79 Å². The standard InChI is InChI=1S/C22H24N2O2/c1-17-21(22(25)18-7-3-2-4-8-18)19-9-5-6-10-20(19)24(17)12-11-23-13-15-26-16-14-23/h2-10H,11-16H2,1H3. The second-order valence-electron chi connectivity index (χ2n) is 6.78. The highest BCUT2D eigenvalue weighted by atomic mass is 16.5. The number of carbonyl (C=O) groups is 1. The van der Waals surface area contributed by atoms with Gasteiger partial charge in [0.2, 0.25) is 0 Å². The highest BCUT2D eigenvalue weighted by molar-refractivity contribution is 6.17. The minimum atomic E-state index is 0.101. The van der Waals surface area contributed by atoms with Crippen LogP contribution in [0.25, 0.3) is 10.9 Å².